The van der Waals surface area contributed by atoms with Crippen molar-refractivity contribution in [2.75, 3.05) is 11.0 Å². The average Bonchev–Trinajstić information content (AvgIpc) is 2.45. The Balaban J connectivity index is 2.42. The highest BCUT2D eigenvalue weighted by molar-refractivity contribution is 7.92. The van der Waals surface area contributed by atoms with Crippen molar-refractivity contribution in [3.8, 4) is 0 Å². The third-order valence-corrected chi connectivity index (χ3v) is 4.60. The highest BCUT2D eigenvalue weighted by Crippen LogP contribution is 2.37. The molecule has 0 atom stereocenters. The molecule has 0 bridgehead atoms. The molecule has 1 aromatic carbocycles. The molecule has 0 unspecified atom stereocenters. The normalized spacial score (nSPS) is 20.6. The fourth-order valence-corrected chi connectivity index (χ4v) is 2.71. The number of sulfonamides is 1. The molecule has 0 saturated carbocycles. The molecule has 1 fully saturated rings. The first-order chi connectivity index (χ1) is 9.41. The van der Waals surface area contributed by atoms with Crippen LogP contribution in [0.25, 0.3) is 0 Å². The van der Waals surface area contributed by atoms with Crippen molar-refractivity contribution in [3.63, 3.8) is 0 Å². The van der Waals surface area contributed by atoms with E-state index in [9.17, 15) is 8.42 Å². The van der Waals surface area contributed by atoms with Gasteiger partial charge in [-0.05, 0) is 46.2 Å². The van der Waals surface area contributed by atoms with Crippen LogP contribution in [0.3, 0.4) is 0 Å². The lowest BCUT2D eigenvalue weighted by atomic mass is 9.77. The third kappa shape index (κ3) is 3.41. The van der Waals surface area contributed by atoms with E-state index in [4.69, 9.17) is 9.31 Å². The topological polar surface area (TPSA) is 64.6 Å². The fraction of sp³-hybridized carbons (Fsp3) is 0.571. The lowest BCUT2D eigenvalue weighted by Gasteiger charge is -2.32. The van der Waals surface area contributed by atoms with Gasteiger partial charge < -0.3 is 9.31 Å². The third-order valence-electron chi connectivity index (χ3n) is 4.01. The molecule has 2 rings (SSSR count). The van der Waals surface area contributed by atoms with Crippen LogP contribution in [0, 0.1) is 6.92 Å². The number of hydrogen-bond acceptors (Lipinski definition) is 4. The summed E-state index contributed by atoms with van der Waals surface area (Å²) in [6.45, 7) is 9.76. The Kier molecular flexibility index (Phi) is 3.89. The highest BCUT2D eigenvalue weighted by Gasteiger charge is 2.52. The maximum Gasteiger partial charge on any atom is 0.497 e. The number of benzene rings is 1. The smallest absolute Gasteiger partial charge is 0.399 e. The molecule has 1 saturated heterocycles. The molecule has 7 heteroatoms. The van der Waals surface area contributed by atoms with E-state index in [1.807, 2.05) is 46.8 Å². The minimum absolute atomic E-state index is 0.467. The summed E-state index contributed by atoms with van der Waals surface area (Å²) in [6, 6.07) is 5.53. The van der Waals surface area contributed by atoms with E-state index in [2.05, 4.69) is 4.72 Å². The Morgan fingerprint density at radius 2 is 1.62 bits per heavy atom. The fourth-order valence-electron chi connectivity index (χ4n) is 2.13. The summed E-state index contributed by atoms with van der Waals surface area (Å²) in [5.74, 6) is 0. The van der Waals surface area contributed by atoms with E-state index in [0.717, 1.165) is 11.8 Å². The van der Waals surface area contributed by atoms with Crippen molar-refractivity contribution in [2.24, 2.45) is 0 Å². The van der Waals surface area contributed by atoms with E-state index in [-0.39, 0.29) is 0 Å². The second kappa shape index (κ2) is 5.00. The molecule has 1 heterocycles. The molecule has 0 aromatic heterocycles. The van der Waals surface area contributed by atoms with Crippen LogP contribution >= 0.6 is 0 Å². The van der Waals surface area contributed by atoms with E-state index < -0.39 is 28.3 Å². The summed E-state index contributed by atoms with van der Waals surface area (Å²) in [7, 11) is -3.96. The van der Waals surface area contributed by atoms with Gasteiger partial charge in [0.2, 0.25) is 10.0 Å². The minimum Gasteiger partial charge on any atom is -0.399 e. The quantitative estimate of drug-likeness (QED) is 0.862. The molecule has 1 aliphatic rings. The Morgan fingerprint density at radius 3 is 2.10 bits per heavy atom. The summed E-state index contributed by atoms with van der Waals surface area (Å²) < 4.78 is 37.6. The number of aryl methyl sites for hydroxylation is 1. The first-order valence-corrected chi connectivity index (χ1v) is 8.74. The van der Waals surface area contributed by atoms with Gasteiger partial charge in [-0.1, -0.05) is 12.1 Å². The largest absolute Gasteiger partial charge is 0.497 e. The Labute approximate surface area is 127 Å². The SMILES string of the molecule is Cc1ccc(B2OC(C)(C)C(C)(C)O2)c(NS(C)(=O)=O)c1. The van der Waals surface area contributed by atoms with Crippen LogP contribution in [0.4, 0.5) is 5.69 Å². The molecule has 116 valence electrons. The van der Waals surface area contributed by atoms with Crippen LogP contribution in [0.1, 0.15) is 33.3 Å². The van der Waals surface area contributed by atoms with Crippen molar-refractivity contribution < 1.29 is 17.7 Å². The van der Waals surface area contributed by atoms with Gasteiger partial charge in [-0.3, -0.25) is 4.72 Å². The summed E-state index contributed by atoms with van der Waals surface area (Å²) >= 11 is 0. The average molecular weight is 311 g/mol. The van der Waals surface area contributed by atoms with Gasteiger partial charge in [0.1, 0.15) is 0 Å². The van der Waals surface area contributed by atoms with Gasteiger partial charge in [0.15, 0.2) is 0 Å². The van der Waals surface area contributed by atoms with Crippen LogP contribution in [0.5, 0.6) is 0 Å². The second-order valence-electron chi connectivity index (χ2n) is 6.55. The first-order valence-electron chi connectivity index (χ1n) is 6.85. The predicted octanol–water partition coefficient (Wildman–Crippen LogP) is 1.67. The minimum atomic E-state index is -3.36. The van der Waals surface area contributed by atoms with Gasteiger partial charge in [-0.25, -0.2) is 8.42 Å². The van der Waals surface area contributed by atoms with Gasteiger partial charge >= 0.3 is 7.12 Å². The summed E-state index contributed by atoms with van der Waals surface area (Å²) in [6.07, 6.45) is 1.13. The van der Waals surface area contributed by atoms with Crippen LogP contribution in [0.15, 0.2) is 18.2 Å². The molecule has 0 aliphatic carbocycles. The highest BCUT2D eigenvalue weighted by atomic mass is 32.2. The second-order valence-corrected chi connectivity index (χ2v) is 8.30. The lowest BCUT2D eigenvalue weighted by molar-refractivity contribution is 0.00578. The number of nitrogens with one attached hydrogen (secondary N) is 1. The van der Waals surface area contributed by atoms with Crippen LogP contribution < -0.4 is 10.2 Å². The Morgan fingerprint density at radius 1 is 1.10 bits per heavy atom. The lowest BCUT2D eigenvalue weighted by Crippen LogP contribution is -2.41. The van der Waals surface area contributed by atoms with Crippen molar-refractivity contribution in [1.29, 1.82) is 0 Å². The monoisotopic (exact) mass is 311 g/mol. The molecular formula is C14H22BNO4S. The number of rotatable bonds is 3. The Bertz CT molecular complexity index is 639. The Hall–Kier alpha value is -1.05. The summed E-state index contributed by atoms with van der Waals surface area (Å²) in [5.41, 5.74) is 1.21. The van der Waals surface area contributed by atoms with Crippen LogP contribution in [-0.4, -0.2) is 33.0 Å². The van der Waals surface area contributed by atoms with Crippen LogP contribution in [0.2, 0.25) is 0 Å². The first kappa shape index (κ1) is 16.3. The molecule has 21 heavy (non-hydrogen) atoms. The van der Waals surface area contributed by atoms with Crippen molar-refractivity contribution in [2.45, 2.75) is 45.8 Å². The molecule has 0 spiro atoms. The molecule has 0 radical (unpaired) electrons. The van der Waals surface area contributed by atoms with Gasteiger partial charge in [-0.15, -0.1) is 0 Å². The predicted molar refractivity (Wildman–Crippen MR) is 85.4 cm³/mol. The number of anilines is 1. The summed E-state index contributed by atoms with van der Waals surface area (Å²) in [4.78, 5) is 0. The van der Waals surface area contributed by atoms with Gasteiger partial charge in [0.05, 0.1) is 17.5 Å². The van der Waals surface area contributed by atoms with Crippen molar-refractivity contribution >= 4 is 28.3 Å². The van der Waals surface area contributed by atoms with Gasteiger partial charge in [-0.2, -0.15) is 0 Å². The maximum absolute atomic E-state index is 11.5. The zero-order valence-electron chi connectivity index (χ0n) is 13.4. The van der Waals surface area contributed by atoms with Crippen molar-refractivity contribution in [1.82, 2.24) is 0 Å². The van der Waals surface area contributed by atoms with E-state index in [1.165, 1.54) is 0 Å². The number of hydrogen-bond donors (Lipinski definition) is 1. The summed E-state index contributed by atoms with van der Waals surface area (Å²) in [5, 5.41) is 0. The maximum atomic E-state index is 11.5. The zero-order chi connectivity index (χ0) is 16.1. The molecule has 1 N–H and O–H groups in total. The zero-order valence-corrected chi connectivity index (χ0v) is 14.2. The van der Waals surface area contributed by atoms with Crippen molar-refractivity contribution in [3.05, 3.63) is 23.8 Å². The standard InChI is InChI=1S/C14H22BNO4S/c1-10-7-8-11(12(9-10)16-21(6,17)18)15-19-13(2,3)14(4,5)20-15/h7-9,16H,1-6H3. The molecule has 0 amide bonds. The van der Waals surface area contributed by atoms with E-state index >= 15 is 0 Å². The van der Waals surface area contributed by atoms with Crippen LogP contribution in [-0.2, 0) is 19.3 Å². The molecule has 1 aliphatic heterocycles. The molecular weight excluding hydrogens is 289 g/mol. The van der Waals surface area contributed by atoms with Gasteiger partial charge in [0.25, 0.3) is 0 Å². The molecule has 1 aromatic rings. The van der Waals surface area contributed by atoms with E-state index in [1.54, 1.807) is 6.07 Å². The van der Waals surface area contributed by atoms with Gasteiger partial charge in [0, 0.05) is 11.2 Å². The molecule has 5 nitrogen and oxygen atoms in total. The van der Waals surface area contributed by atoms with E-state index in [0.29, 0.717) is 11.2 Å².